The van der Waals surface area contributed by atoms with E-state index >= 15 is 0 Å². The van der Waals surface area contributed by atoms with Crippen LogP contribution in [0, 0.1) is 10.1 Å². The molecule has 1 atom stereocenters. The van der Waals surface area contributed by atoms with Gasteiger partial charge in [0.25, 0.3) is 0 Å². The molecule has 0 aliphatic rings. The molecule has 0 radical (unpaired) electrons. The largest absolute Gasteiger partial charge is 0.378 e. The summed E-state index contributed by atoms with van der Waals surface area (Å²) in [6.45, 7) is 4.10. The Labute approximate surface area is 117 Å². The second-order valence-corrected chi connectivity index (χ2v) is 4.64. The van der Waals surface area contributed by atoms with Crippen molar-refractivity contribution in [3.05, 3.63) is 51.7 Å². The summed E-state index contributed by atoms with van der Waals surface area (Å²) < 4.78 is 1.53. The second-order valence-electron chi connectivity index (χ2n) is 4.64. The molecule has 0 fully saturated rings. The van der Waals surface area contributed by atoms with E-state index < -0.39 is 4.92 Å². The fourth-order valence-corrected chi connectivity index (χ4v) is 2.28. The van der Waals surface area contributed by atoms with Crippen LogP contribution in [0.4, 0.5) is 11.5 Å². The highest BCUT2D eigenvalue weighted by Crippen LogP contribution is 2.29. The van der Waals surface area contributed by atoms with Gasteiger partial charge in [0.05, 0.1) is 11.0 Å². The lowest BCUT2D eigenvalue weighted by molar-refractivity contribution is -0.384. The zero-order valence-corrected chi connectivity index (χ0v) is 11.6. The van der Waals surface area contributed by atoms with E-state index in [0.717, 1.165) is 18.4 Å². The first kappa shape index (κ1) is 14.0. The van der Waals surface area contributed by atoms with Crippen LogP contribution in [0.15, 0.2) is 30.5 Å². The third-order valence-corrected chi connectivity index (χ3v) is 3.47. The van der Waals surface area contributed by atoms with Crippen molar-refractivity contribution in [2.45, 2.75) is 32.7 Å². The predicted molar refractivity (Wildman–Crippen MR) is 77.5 cm³/mol. The standard InChI is InChI=1S/C14H18N4O2/c1-3-10-5-7-11(8-6-10)12(4-2)17-14(15)13(9-16-17)18(19)20/h5-9,12H,3-4,15H2,1-2H3. The summed E-state index contributed by atoms with van der Waals surface area (Å²) in [6.07, 6.45) is 2.94. The van der Waals surface area contributed by atoms with Crippen molar-refractivity contribution in [2.24, 2.45) is 0 Å². The normalized spacial score (nSPS) is 12.3. The highest BCUT2D eigenvalue weighted by atomic mass is 16.6. The molecule has 0 aliphatic carbocycles. The van der Waals surface area contributed by atoms with E-state index in [4.69, 9.17) is 5.73 Å². The lowest BCUT2D eigenvalue weighted by Crippen LogP contribution is -2.14. The fourth-order valence-electron chi connectivity index (χ4n) is 2.28. The zero-order chi connectivity index (χ0) is 14.7. The number of nitrogens with zero attached hydrogens (tertiary/aromatic N) is 3. The van der Waals surface area contributed by atoms with Crippen molar-refractivity contribution in [3.63, 3.8) is 0 Å². The van der Waals surface area contributed by atoms with Crippen LogP contribution in [0.25, 0.3) is 0 Å². The molecule has 1 heterocycles. The molecule has 1 aromatic heterocycles. The molecule has 0 saturated carbocycles. The smallest absolute Gasteiger partial charge is 0.330 e. The monoisotopic (exact) mass is 274 g/mol. The van der Waals surface area contributed by atoms with Crippen molar-refractivity contribution >= 4 is 11.5 Å². The maximum absolute atomic E-state index is 10.8. The minimum absolute atomic E-state index is 0.0883. The molecule has 0 amide bonds. The number of nitrogens with two attached hydrogens (primary N) is 1. The predicted octanol–water partition coefficient (Wildman–Crippen LogP) is 2.94. The van der Waals surface area contributed by atoms with E-state index in [0.29, 0.717) is 0 Å². The molecule has 2 aromatic rings. The Balaban J connectivity index is 2.38. The highest BCUT2D eigenvalue weighted by Gasteiger charge is 2.22. The minimum Gasteiger partial charge on any atom is -0.378 e. The van der Waals surface area contributed by atoms with Gasteiger partial charge in [-0.2, -0.15) is 5.10 Å². The SMILES string of the molecule is CCc1ccc(C(CC)n2ncc([N+](=O)[O-])c2N)cc1. The first-order chi connectivity index (χ1) is 9.58. The maximum atomic E-state index is 10.8. The molecule has 0 aliphatic heterocycles. The van der Waals surface area contributed by atoms with E-state index in [1.807, 2.05) is 19.1 Å². The highest BCUT2D eigenvalue weighted by molar-refractivity contribution is 5.52. The number of hydrogen-bond donors (Lipinski definition) is 1. The third kappa shape index (κ3) is 2.49. The third-order valence-electron chi connectivity index (χ3n) is 3.47. The topological polar surface area (TPSA) is 87.0 Å². The van der Waals surface area contributed by atoms with Crippen LogP contribution in [-0.2, 0) is 6.42 Å². The lowest BCUT2D eigenvalue weighted by atomic mass is 10.0. The molecule has 2 N–H and O–H groups in total. The number of aryl methyl sites for hydroxylation is 1. The van der Waals surface area contributed by atoms with Crippen LogP contribution in [0.1, 0.15) is 37.4 Å². The number of hydrogen-bond acceptors (Lipinski definition) is 4. The second kappa shape index (κ2) is 5.73. The average Bonchev–Trinajstić information content (AvgIpc) is 2.83. The van der Waals surface area contributed by atoms with E-state index in [9.17, 15) is 10.1 Å². The zero-order valence-electron chi connectivity index (χ0n) is 11.6. The molecule has 1 unspecified atom stereocenters. The first-order valence-electron chi connectivity index (χ1n) is 6.64. The van der Waals surface area contributed by atoms with E-state index in [2.05, 4.69) is 24.2 Å². The Morgan fingerprint density at radius 1 is 1.35 bits per heavy atom. The van der Waals surface area contributed by atoms with Gasteiger partial charge in [-0.05, 0) is 24.0 Å². The van der Waals surface area contributed by atoms with E-state index in [1.165, 1.54) is 16.4 Å². The van der Waals surface area contributed by atoms with Crippen LogP contribution < -0.4 is 5.73 Å². The van der Waals surface area contributed by atoms with Crippen molar-refractivity contribution < 1.29 is 4.92 Å². The van der Waals surface area contributed by atoms with Gasteiger partial charge >= 0.3 is 5.69 Å². The maximum Gasteiger partial charge on any atom is 0.330 e. The van der Waals surface area contributed by atoms with Gasteiger partial charge in [0.1, 0.15) is 6.20 Å². The summed E-state index contributed by atoms with van der Waals surface area (Å²) in [5.74, 6) is 0.0985. The molecule has 6 nitrogen and oxygen atoms in total. The Bertz CT molecular complexity index is 604. The van der Waals surface area contributed by atoms with Gasteiger partial charge in [0, 0.05) is 0 Å². The van der Waals surface area contributed by atoms with Gasteiger partial charge < -0.3 is 5.73 Å². The Morgan fingerprint density at radius 3 is 2.45 bits per heavy atom. The summed E-state index contributed by atoms with van der Waals surface area (Å²) in [5.41, 5.74) is 7.99. The molecular formula is C14H18N4O2. The fraction of sp³-hybridized carbons (Fsp3) is 0.357. The van der Waals surface area contributed by atoms with Crippen LogP contribution in [0.2, 0.25) is 0 Å². The van der Waals surface area contributed by atoms with Gasteiger partial charge in [-0.15, -0.1) is 0 Å². The Hall–Kier alpha value is -2.37. The molecule has 0 spiro atoms. The number of rotatable bonds is 5. The van der Waals surface area contributed by atoms with Crippen molar-refractivity contribution in [1.29, 1.82) is 0 Å². The molecule has 1 aromatic carbocycles. The van der Waals surface area contributed by atoms with Gasteiger partial charge in [0.2, 0.25) is 5.82 Å². The van der Waals surface area contributed by atoms with E-state index in [-0.39, 0.29) is 17.5 Å². The first-order valence-corrected chi connectivity index (χ1v) is 6.64. The van der Waals surface area contributed by atoms with Gasteiger partial charge in [-0.3, -0.25) is 10.1 Å². The lowest BCUT2D eigenvalue weighted by Gasteiger charge is -2.17. The van der Waals surface area contributed by atoms with Gasteiger partial charge in [0.15, 0.2) is 0 Å². The number of anilines is 1. The Morgan fingerprint density at radius 2 is 2.00 bits per heavy atom. The number of aromatic nitrogens is 2. The molecule has 6 heteroatoms. The summed E-state index contributed by atoms with van der Waals surface area (Å²) in [5, 5.41) is 14.9. The number of nitrogen functional groups attached to an aromatic ring is 1. The van der Waals surface area contributed by atoms with Crippen LogP contribution in [0.3, 0.4) is 0 Å². The van der Waals surface area contributed by atoms with Crippen LogP contribution in [-0.4, -0.2) is 14.7 Å². The van der Waals surface area contributed by atoms with Crippen molar-refractivity contribution in [2.75, 3.05) is 5.73 Å². The molecule has 106 valence electrons. The molecular weight excluding hydrogens is 256 g/mol. The summed E-state index contributed by atoms with van der Waals surface area (Å²) in [7, 11) is 0. The van der Waals surface area contributed by atoms with Crippen molar-refractivity contribution in [1.82, 2.24) is 9.78 Å². The molecule has 2 rings (SSSR count). The quantitative estimate of drug-likeness (QED) is 0.670. The van der Waals surface area contributed by atoms with Gasteiger partial charge in [-0.1, -0.05) is 38.1 Å². The van der Waals surface area contributed by atoms with E-state index in [1.54, 1.807) is 0 Å². The average molecular weight is 274 g/mol. The number of nitro groups is 1. The summed E-state index contributed by atoms with van der Waals surface area (Å²) in [4.78, 5) is 10.3. The molecule has 20 heavy (non-hydrogen) atoms. The molecule has 0 saturated heterocycles. The van der Waals surface area contributed by atoms with Gasteiger partial charge in [-0.25, -0.2) is 4.68 Å². The summed E-state index contributed by atoms with van der Waals surface area (Å²) >= 11 is 0. The summed E-state index contributed by atoms with van der Waals surface area (Å²) in [6, 6.07) is 8.09. The number of benzene rings is 1. The van der Waals surface area contributed by atoms with Crippen LogP contribution in [0.5, 0.6) is 0 Å². The minimum atomic E-state index is -0.508. The van der Waals surface area contributed by atoms with Crippen LogP contribution >= 0.6 is 0 Å². The molecule has 0 bridgehead atoms. The van der Waals surface area contributed by atoms with Crippen molar-refractivity contribution in [3.8, 4) is 0 Å². The Kier molecular flexibility index (Phi) is 4.02.